The molecule has 0 amide bonds. The quantitative estimate of drug-likeness (QED) is 0.899. The fourth-order valence-electron chi connectivity index (χ4n) is 2.35. The van der Waals surface area contributed by atoms with Crippen molar-refractivity contribution in [2.24, 2.45) is 11.3 Å². The van der Waals surface area contributed by atoms with Crippen LogP contribution in [0.5, 0.6) is 0 Å². The molecular weight excluding hydrogens is 284 g/mol. The maximum atomic E-state index is 12.6. The van der Waals surface area contributed by atoms with Gasteiger partial charge in [0.1, 0.15) is 0 Å². The Labute approximate surface area is 128 Å². The molecule has 21 heavy (non-hydrogen) atoms. The van der Waals surface area contributed by atoms with Gasteiger partial charge in [0.25, 0.3) is 0 Å². The molecule has 1 aromatic rings. The third-order valence-corrected chi connectivity index (χ3v) is 5.91. The van der Waals surface area contributed by atoms with Gasteiger partial charge in [-0.15, -0.1) is 0 Å². The Morgan fingerprint density at radius 3 is 2.71 bits per heavy atom. The van der Waals surface area contributed by atoms with Crippen molar-refractivity contribution in [1.29, 1.82) is 0 Å². The molecule has 118 valence electrons. The van der Waals surface area contributed by atoms with Gasteiger partial charge in [0, 0.05) is 18.8 Å². The highest BCUT2D eigenvalue weighted by Crippen LogP contribution is 2.29. The average molecular weight is 310 g/mol. The Balaban J connectivity index is 2.21. The van der Waals surface area contributed by atoms with Gasteiger partial charge >= 0.3 is 0 Å². The van der Waals surface area contributed by atoms with Crippen LogP contribution in [0.1, 0.15) is 39.7 Å². The molecule has 1 atom stereocenters. The number of hydrogen-bond acceptors (Lipinski definition) is 3. The zero-order valence-electron chi connectivity index (χ0n) is 13.4. The van der Waals surface area contributed by atoms with Crippen LogP contribution in [0, 0.1) is 11.3 Å². The van der Waals surface area contributed by atoms with Crippen LogP contribution in [0.4, 0.5) is 5.69 Å². The standard InChI is InChI=1S/C16H26N2O2S/c1-12(16(2,3)4)11-18-21(19,20)15-9-5-8-14-13(15)7-6-10-17-14/h5,8-9,12,17-18H,6-7,10-11H2,1-4H3. The smallest absolute Gasteiger partial charge is 0.240 e. The van der Waals surface area contributed by atoms with Crippen LogP contribution in [0.25, 0.3) is 0 Å². The Kier molecular flexibility index (Phi) is 4.63. The molecule has 0 fully saturated rings. The molecule has 4 nitrogen and oxygen atoms in total. The van der Waals surface area contributed by atoms with Crippen molar-refractivity contribution in [2.45, 2.75) is 45.4 Å². The highest BCUT2D eigenvalue weighted by atomic mass is 32.2. The Morgan fingerprint density at radius 2 is 2.05 bits per heavy atom. The topological polar surface area (TPSA) is 58.2 Å². The van der Waals surface area contributed by atoms with Crippen LogP contribution in [-0.2, 0) is 16.4 Å². The number of fused-ring (bicyclic) bond motifs is 1. The van der Waals surface area contributed by atoms with Crippen molar-refractivity contribution in [3.8, 4) is 0 Å². The summed E-state index contributed by atoms with van der Waals surface area (Å²) in [6.45, 7) is 9.82. The van der Waals surface area contributed by atoms with Gasteiger partial charge < -0.3 is 5.32 Å². The molecule has 0 aliphatic carbocycles. The van der Waals surface area contributed by atoms with Gasteiger partial charge in [-0.1, -0.05) is 33.8 Å². The maximum absolute atomic E-state index is 12.6. The SMILES string of the molecule is CC(CNS(=O)(=O)c1cccc2c1CCCN2)C(C)(C)C. The van der Waals surface area contributed by atoms with E-state index in [0.717, 1.165) is 30.6 Å². The number of anilines is 1. The Bertz CT molecular complexity index is 603. The summed E-state index contributed by atoms with van der Waals surface area (Å²) in [4.78, 5) is 0.424. The predicted molar refractivity (Wildman–Crippen MR) is 87.1 cm³/mol. The van der Waals surface area contributed by atoms with E-state index in [1.807, 2.05) is 6.07 Å². The first kappa shape index (κ1) is 16.3. The highest BCUT2D eigenvalue weighted by Gasteiger charge is 2.25. The van der Waals surface area contributed by atoms with Crippen molar-refractivity contribution < 1.29 is 8.42 Å². The second kappa shape index (κ2) is 5.97. The van der Waals surface area contributed by atoms with E-state index in [4.69, 9.17) is 0 Å². The molecule has 1 unspecified atom stereocenters. The van der Waals surface area contributed by atoms with Gasteiger partial charge in [0.15, 0.2) is 0 Å². The van der Waals surface area contributed by atoms with E-state index in [1.54, 1.807) is 12.1 Å². The Hall–Kier alpha value is -1.07. The lowest BCUT2D eigenvalue weighted by atomic mass is 9.82. The summed E-state index contributed by atoms with van der Waals surface area (Å²) in [6.07, 6.45) is 1.78. The monoisotopic (exact) mass is 310 g/mol. The zero-order chi connectivity index (χ0) is 15.7. The van der Waals surface area contributed by atoms with Crippen LogP contribution < -0.4 is 10.0 Å². The van der Waals surface area contributed by atoms with Gasteiger partial charge in [0.05, 0.1) is 4.90 Å². The predicted octanol–water partition coefficient (Wildman–Crippen LogP) is 3.01. The first-order chi connectivity index (χ1) is 9.72. The van der Waals surface area contributed by atoms with Crippen molar-refractivity contribution >= 4 is 15.7 Å². The number of nitrogens with one attached hydrogen (secondary N) is 2. The molecule has 0 bridgehead atoms. The summed E-state index contributed by atoms with van der Waals surface area (Å²) < 4.78 is 28.0. The molecule has 2 rings (SSSR count). The van der Waals surface area contributed by atoms with E-state index in [2.05, 4.69) is 37.7 Å². The summed E-state index contributed by atoms with van der Waals surface area (Å²) in [7, 11) is -3.45. The molecule has 0 spiro atoms. The van der Waals surface area contributed by atoms with Crippen LogP contribution >= 0.6 is 0 Å². The van der Waals surface area contributed by atoms with Gasteiger partial charge in [-0.3, -0.25) is 0 Å². The largest absolute Gasteiger partial charge is 0.385 e. The molecule has 0 saturated heterocycles. The number of sulfonamides is 1. The first-order valence-corrected chi connectivity index (χ1v) is 9.05. The molecule has 5 heteroatoms. The van der Waals surface area contributed by atoms with Crippen LogP contribution in [0.3, 0.4) is 0 Å². The second-order valence-electron chi connectivity index (χ2n) is 6.93. The molecule has 1 heterocycles. The minimum Gasteiger partial charge on any atom is -0.385 e. The molecule has 0 saturated carbocycles. The normalized spacial score (nSPS) is 17.0. The van der Waals surface area contributed by atoms with Crippen LogP contribution in [-0.4, -0.2) is 21.5 Å². The van der Waals surface area contributed by atoms with E-state index < -0.39 is 10.0 Å². The summed E-state index contributed by atoms with van der Waals surface area (Å²) in [5.74, 6) is 0.268. The lowest BCUT2D eigenvalue weighted by molar-refractivity contribution is 0.263. The molecule has 0 radical (unpaired) electrons. The zero-order valence-corrected chi connectivity index (χ0v) is 14.2. The fraction of sp³-hybridized carbons (Fsp3) is 0.625. The van der Waals surface area contributed by atoms with Crippen molar-refractivity contribution in [3.63, 3.8) is 0 Å². The van der Waals surface area contributed by atoms with Gasteiger partial charge in [-0.05, 0) is 41.9 Å². The van der Waals surface area contributed by atoms with Gasteiger partial charge in [0.2, 0.25) is 10.0 Å². The fourth-order valence-corrected chi connectivity index (χ4v) is 3.77. The van der Waals surface area contributed by atoms with Crippen molar-refractivity contribution in [1.82, 2.24) is 4.72 Å². The summed E-state index contributed by atoms with van der Waals surface area (Å²) in [5.41, 5.74) is 1.95. The third kappa shape index (κ3) is 3.77. The highest BCUT2D eigenvalue weighted by molar-refractivity contribution is 7.89. The maximum Gasteiger partial charge on any atom is 0.240 e. The minimum atomic E-state index is -3.45. The number of hydrogen-bond donors (Lipinski definition) is 2. The van der Waals surface area contributed by atoms with Crippen molar-refractivity contribution in [3.05, 3.63) is 23.8 Å². The molecule has 1 aromatic carbocycles. The average Bonchev–Trinajstić information content (AvgIpc) is 2.43. The second-order valence-corrected chi connectivity index (χ2v) is 8.67. The van der Waals surface area contributed by atoms with Gasteiger partial charge in [-0.2, -0.15) is 0 Å². The number of benzene rings is 1. The van der Waals surface area contributed by atoms with E-state index in [-0.39, 0.29) is 11.3 Å². The van der Waals surface area contributed by atoms with E-state index in [9.17, 15) is 8.42 Å². The summed E-state index contributed by atoms with van der Waals surface area (Å²) in [6, 6.07) is 5.46. The lowest BCUT2D eigenvalue weighted by Gasteiger charge is -2.27. The molecule has 2 N–H and O–H groups in total. The van der Waals surface area contributed by atoms with Crippen LogP contribution in [0.2, 0.25) is 0 Å². The van der Waals surface area contributed by atoms with Gasteiger partial charge in [-0.25, -0.2) is 13.1 Å². The van der Waals surface area contributed by atoms with Crippen molar-refractivity contribution in [2.75, 3.05) is 18.4 Å². The third-order valence-electron chi connectivity index (χ3n) is 4.40. The molecule has 0 aromatic heterocycles. The van der Waals surface area contributed by atoms with E-state index in [0.29, 0.717) is 11.4 Å². The molecule has 1 aliphatic rings. The van der Waals surface area contributed by atoms with E-state index in [1.165, 1.54) is 0 Å². The minimum absolute atomic E-state index is 0.0835. The lowest BCUT2D eigenvalue weighted by Crippen LogP contribution is -2.34. The summed E-state index contributed by atoms with van der Waals surface area (Å²) >= 11 is 0. The molecule has 1 aliphatic heterocycles. The van der Waals surface area contributed by atoms with E-state index >= 15 is 0 Å². The first-order valence-electron chi connectivity index (χ1n) is 7.57. The van der Waals surface area contributed by atoms with Crippen LogP contribution in [0.15, 0.2) is 23.1 Å². The molecular formula is C16H26N2O2S. The number of rotatable bonds is 4. The summed E-state index contributed by atoms with van der Waals surface area (Å²) in [5, 5.41) is 3.27. The Morgan fingerprint density at radius 1 is 1.33 bits per heavy atom.